The second kappa shape index (κ2) is 8.81. The molecule has 0 aliphatic carbocycles. The zero-order valence-corrected chi connectivity index (χ0v) is 15.2. The summed E-state index contributed by atoms with van der Waals surface area (Å²) in [5.41, 5.74) is 0.772. The summed E-state index contributed by atoms with van der Waals surface area (Å²) in [6.45, 7) is 1.37. The monoisotopic (exact) mass is 374 g/mol. The van der Waals surface area contributed by atoms with E-state index in [4.69, 9.17) is 9.15 Å². The third-order valence-corrected chi connectivity index (χ3v) is 4.64. The number of methoxy groups -OCH3 is 1. The normalized spacial score (nSPS) is 17.0. The van der Waals surface area contributed by atoms with E-state index < -0.39 is 0 Å². The van der Waals surface area contributed by atoms with Crippen molar-refractivity contribution in [2.45, 2.75) is 19.4 Å². The summed E-state index contributed by atoms with van der Waals surface area (Å²) in [5, 5.41) is 2.87. The van der Waals surface area contributed by atoms with E-state index in [0.717, 1.165) is 18.4 Å². The minimum absolute atomic E-state index is 0.0346. The van der Waals surface area contributed by atoms with Gasteiger partial charge in [-0.15, -0.1) is 0 Å². The highest BCUT2D eigenvalue weighted by Crippen LogP contribution is 2.23. The zero-order chi connectivity index (χ0) is 19.2. The lowest BCUT2D eigenvalue weighted by Crippen LogP contribution is -2.46. The summed E-state index contributed by atoms with van der Waals surface area (Å²) < 4.78 is 23.6. The van der Waals surface area contributed by atoms with Crippen molar-refractivity contribution in [1.82, 2.24) is 10.2 Å². The molecule has 144 valence electrons. The van der Waals surface area contributed by atoms with Crippen molar-refractivity contribution in [2.24, 2.45) is 5.92 Å². The fraction of sp³-hybridized carbons (Fsp3) is 0.400. The SMILES string of the molecule is COCC(=O)N1CCC[C@H](C(=O)NCc2ccc(-c3ccc(F)cc3)o2)C1. The van der Waals surface area contributed by atoms with Gasteiger partial charge < -0.3 is 19.4 Å². The molecule has 0 saturated carbocycles. The van der Waals surface area contributed by atoms with Crippen LogP contribution < -0.4 is 5.32 Å². The first-order chi connectivity index (χ1) is 13.1. The first kappa shape index (κ1) is 19.1. The number of hydrogen-bond acceptors (Lipinski definition) is 4. The number of ether oxygens (including phenoxy) is 1. The maximum Gasteiger partial charge on any atom is 0.248 e. The second-order valence-electron chi connectivity index (χ2n) is 6.60. The molecule has 1 aliphatic heterocycles. The predicted octanol–water partition coefficient (Wildman–Crippen LogP) is 2.59. The topological polar surface area (TPSA) is 71.8 Å². The smallest absolute Gasteiger partial charge is 0.248 e. The van der Waals surface area contributed by atoms with E-state index in [1.54, 1.807) is 29.2 Å². The van der Waals surface area contributed by atoms with Crippen molar-refractivity contribution in [1.29, 1.82) is 0 Å². The second-order valence-corrected chi connectivity index (χ2v) is 6.60. The summed E-state index contributed by atoms with van der Waals surface area (Å²) in [7, 11) is 1.48. The van der Waals surface area contributed by atoms with Gasteiger partial charge in [-0.05, 0) is 49.2 Å². The number of furan rings is 1. The zero-order valence-electron chi connectivity index (χ0n) is 15.2. The summed E-state index contributed by atoms with van der Waals surface area (Å²) in [5.74, 6) is 0.517. The van der Waals surface area contributed by atoms with Crippen LogP contribution in [-0.4, -0.2) is 43.5 Å². The van der Waals surface area contributed by atoms with Gasteiger partial charge in [0.15, 0.2) is 0 Å². The molecule has 2 aromatic rings. The largest absolute Gasteiger partial charge is 0.459 e. The molecule has 7 heteroatoms. The minimum Gasteiger partial charge on any atom is -0.459 e. The molecule has 0 radical (unpaired) electrons. The van der Waals surface area contributed by atoms with Crippen molar-refractivity contribution in [3.8, 4) is 11.3 Å². The van der Waals surface area contributed by atoms with Gasteiger partial charge in [0.25, 0.3) is 0 Å². The molecule has 0 spiro atoms. The summed E-state index contributed by atoms with van der Waals surface area (Å²) in [6.07, 6.45) is 1.55. The number of halogens is 1. The number of benzene rings is 1. The third-order valence-electron chi connectivity index (χ3n) is 4.64. The fourth-order valence-corrected chi connectivity index (χ4v) is 3.19. The molecule has 1 fully saturated rings. The minimum atomic E-state index is -0.303. The Kier molecular flexibility index (Phi) is 6.24. The fourth-order valence-electron chi connectivity index (χ4n) is 3.19. The van der Waals surface area contributed by atoms with Crippen LogP contribution in [0, 0.1) is 11.7 Å². The van der Waals surface area contributed by atoms with Crippen molar-refractivity contribution in [2.75, 3.05) is 26.8 Å². The number of carbonyl (C=O) groups excluding carboxylic acids is 2. The lowest BCUT2D eigenvalue weighted by Gasteiger charge is -2.31. The van der Waals surface area contributed by atoms with Crippen molar-refractivity contribution >= 4 is 11.8 Å². The number of nitrogens with one attached hydrogen (secondary N) is 1. The highest BCUT2D eigenvalue weighted by Gasteiger charge is 2.28. The number of likely N-dealkylation sites (tertiary alicyclic amines) is 1. The molecule has 1 N–H and O–H groups in total. The first-order valence-corrected chi connectivity index (χ1v) is 8.96. The van der Waals surface area contributed by atoms with E-state index >= 15 is 0 Å². The van der Waals surface area contributed by atoms with Crippen molar-refractivity contribution in [3.05, 3.63) is 48.0 Å². The Hall–Kier alpha value is -2.67. The van der Waals surface area contributed by atoms with Crippen LogP contribution in [0.2, 0.25) is 0 Å². The van der Waals surface area contributed by atoms with E-state index in [1.165, 1.54) is 19.2 Å². The molecule has 2 heterocycles. The van der Waals surface area contributed by atoms with Gasteiger partial charge in [-0.1, -0.05) is 0 Å². The molecule has 0 unspecified atom stereocenters. The number of hydrogen-bond donors (Lipinski definition) is 1. The van der Waals surface area contributed by atoms with Gasteiger partial charge >= 0.3 is 0 Å². The van der Waals surface area contributed by atoms with E-state index in [1.807, 2.05) is 0 Å². The molecule has 2 amide bonds. The molecule has 27 heavy (non-hydrogen) atoms. The van der Waals surface area contributed by atoms with E-state index in [2.05, 4.69) is 5.32 Å². The van der Waals surface area contributed by atoms with Gasteiger partial charge in [-0.25, -0.2) is 4.39 Å². The third kappa shape index (κ3) is 4.95. The van der Waals surface area contributed by atoms with Crippen LogP contribution in [0.15, 0.2) is 40.8 Å². The van der Waals surface area contributed by atoms with Crippen LogP contribution in [-0.2, 0) is 20.9 Å². The molecule has 3 rings (SSSR count). The Labute approximate surface area is 157 Å². The molecule has 6 nitrogen and oxygen atoms in total. The number of carbonyl (C=O) groups is 2. The van der Waals surface area contributed by atoms with E-state index in [0.29, 0.717) is 24.6 Å². The number of amides is 2. The molecule has 1 saturated heterocycles. The van der Waals surface area contributed by atoms with Crippen LogP contribution in [0.4, 0.5) is 4.39 Å². The van der Waals surface area contributed by atoms with Crippen molar-refractivity contribution in [3.63, 3.8) is 0 Å². The molecule has 1 atom stereocenters. The summed E-state index contributed by atoms with van der Waals surface area (Å²) in [4.78, 5) is 26.1. The van der Waals surface area contributed by atoms with Gasteiger partial charge in [-0.2, -0.15) is 0 Å². The molecule has 1 aliphatic rings. The highest BCUT2D eigenvalue weighted by atomic mass is 19.1. The average Bonchev–Trinajstić information content (AvgIpc) is 3.16. The van der Waals surface area contributed by atoms with Crippen LogP contribution in [0.1, 0.15) is 18.6 Å². The van der Waals surface area contributed by atoms with Crippen LogP contribution in [0.5, 0.6) is 0 Å². The number of piperidine rings is 1. The molecule has 0 bridgehead atoms. The van der Waals surface area contributed by atoms with Gasteiger partial charge in [0.1, 0.15) is 23.9 Å². The highest BCUT2D eigenvalue weighted by molar-refractivity contribution is 5.81. The lowest BCUT2D eigenvalue weighted by atomic mass is 9.97. The van der Waals surface area contributed by atoms with Gasteiger partial charge in [0.05, 0.1) is 12.5 Å². The maximum atomic E-state index is 13.0. The Bertz CT molecular complexity index is 788. The summed E-state index contributed by atoms with van der Waals surface area (Å²) >= 11 is 0. The van der Waals surface area contributed by atoms with Crippen molar-refractivity contribution < 1.29 is 23.1 Å². The first-order valence-electron chi connectivity index (χ1n) is 8.96. The van der Waals surface area contributed by atoms with Crippen LogP contribution in [0.3, 0.4) is 0 Å². The van der Waals surface area contributed by atoms with Gasteiger partial charge in [0.2, 0.25) is 11.8 Å². The quantitative estimate of drug-likeness (QED) is 0.844. The van der Waals surface area contributed by atoms with E-state index in [-0.39, 0.29) is 36.7 Å². The van der Waals surface area contributed by atoms with Gasteiger partial charge in [0, 0.05) is 25.8 Å². The van der Waals surface area contributed by atoms with Gasteiger partial charge in [-0.3, -0.25) is 9.59 Å². The summed E-state index contributed by atoms with van der Waals surface area (Å²) in [6, 6.07) is 9.61. The Morgan fingerprint density at radius 2 is 2.04 bits per heavy atom. The average molecular weight is 374 g/mol. The predicted molar refractivity (Wildman–Crippen MR) is 97.1 cm³/mol. The Morgan fingerprint density at radius 1 is 1.26 bits per heavy atom. The standard InChI is InChI=1S/C20H23FN2O4/c1-26-13-19(24)23-10-2-3-15(12-23)20(25)22-11-17-8-9-18(27-17)14-4-6-16(21)7-5-14/h4-9,15H,2-3,10-13H2,1H3,(H,22,25)/t15-/m0/s1. The number of nitrogens with zero attached hydrogens (tertiary/aromatic N) is 1. The maximum absolute atomic E-state index is 13.0. The lowest BCUT2D eigenvalue weighted by molar-refractivity contribution is -0.139. The number of rotatable bonds is 6. The molecule has 1 aromatic carbocycles. The molecule has 1 aromatic heterocycles. The van der Waals surface area contributed by atoms with E-state index in [9.17, 15) is 14.0 Å². The Balaban J connectivity index is 1.53. The molecular formula is C20H23FN2O4. The van der Waals surface area contributed by atoms with Crippen LogP contribution >= 0.6 is 0 Å². The molecular weight excluding hydrogens is 351 g/mol. The Morgan fingerprint density at radius 3 is 2.78 bits per heavy atom. The van der Waals surface area contributed by atoms with Crippen LogP contribution in [0.25, 0.3) is 11.3 Å².